The number of carboxylic acids is 1. The SMILES string of the molecule is CC(C)=CCCC1([C@H](O)C=C[C@H]2COC(=O)N2CCSc2nc(C(=O)O)cs2)CCC1. The minimum atomic E-state index is -1.04. The number of aromatic carboxylic acids is 1. The van der Waals surface area contributed by atoms with Gasteiger partial charge < -0.3 is 14.9 Å². The van der Waals surface area contributed by atoms with Crippen LogP contribution in [-0.2, 0) is 4.74 Å². The number of nitrogens with zero attached hydrogens (tertiary/aromatic N) is 2. The summed E-state index contributed by atoms with van der Waals surface area (Å²) in [5.41, 5.74) is 1.28. The van der Waals surface area contributed by atoms with Gasteiger partial charge in [-0.25, -0.2) is 14.6 Å². The molecule has 0 spiro atoms. The Morgan fingerprint density at radius 2 is 2.26 bits per heavy atom. The largest absolute Gasteiger partial charge is 0.476 e. The number of carboxylic acid groups (broad SMARTS) is 1. The summed E-state index contributed by atoms with van der Waals surface area (Å²) in [7, 11) is 0. The summed E-state index contributed by atoms with van der Waals surface area (Å²) in [6.45, 7) is 4.92. The van der Waals surface area contributed by atoms with Gasteiger partial charge in [-0.15, -0.1) is 11.3 Å². The normalized spacial score (nSPS) is 21.1. The van der Waals surface area contributed by atoms with Gasteiger partial charge in [-0.2, -0.15) is 0 Å². The quantitative estimate of drug-likeness (QED) is 0.363. The third-order valence-electron chi connectivity index (χ3n) is 5.96. The molecule has 1 aromatic heterocycles. The Morgan fingerprint density at radius 1 is 1.48 bits per heavy atom. The molecule has 1 aliphatic heterocycles. The molecule has 2 aliphatic rings. The topological polar surface area (TPSA) is 100.0 Å². The number of cyclic esters (lactones) is 1. The van der Waals surface area contributed by atoms with Crippen LogP contribution in [0.3, 0.4) is 0 Å². The second-order valence-corrected chi connectivity index (χ2v) is 10.6. The van der Waals surface area contributed by atoms with Gasteiger partial charge in [0, 0.05) is 23.1 Å². The lowest BCUT2D eigenvalue weighted by Gasteiger charge is -2.45. The Balaban J connectivity index is 1.53. The van der Waals surface area contributed by atoms with Crippen molar-refractivity contribution in [1.29, 1.82) is 0 Å². The molecule has 1 aromatic rings. The van der Waals surface area contributed by atoms with Crippen LogP contribution in [0.4, 0.5) is 4.79 Å². The maximum atomic E-state index is 12.1. The summed E-state index contributed by atoms with van der Waals surface area (Å²) in [6, 6.07) is -0.205. The van der Waals surface area contributed by atoms with E-state index < -0.39 is 12.1 Å². The zero-order valence-corrected chi connectivity index (χ0v) is 19.6. The molecule has 3 rings (SSSR count). The lowest BCUT2D eigenvalue weighted by Crippen LogP contribution is -2.41. The van der Waals surface area contributed by atoms with Gasteiger partial charge in [0.15, 0.2) is 10.0 Å². The number of hydrogen-bond acceptors (Lipinski definition) is 7. The molecule has 1 aliphatic carbocycles. The lowest BCUT2D eigenvalue weighted by molar-refractivity contribution is -0.0118. The molecule has 0 radical (unpaired) electrons. The molecular formula is C22H30N2O5S2. The highest BCUT2D eigenvalue weighted by molar-refractivity contribution is 8.01. The molecule has 1 saturated carbocycles. The summed E-state index contributed by atoms with van der Waals surface area (Å²) in [5, 5.41) is 21.3. The number of aliphatic hydroxyl groups excluding tert-OH is 1. The molecule has 0 unspecified atom stereocenters. The number of rotatable bonds is 11. The zero-order chi connectivity index (χ0) is 22.4. The van der Waals surface area contributed by atoms with Gasteiger partial charge >= 0.3 is 12.1 Å². The summed E-state index contributed by atoms with van der Waals surface area (Å²) < 4.78 is 5.88. The van der Waals surface area contributed by atoms with Gasteiger partial charge in [0.05, 0.1) is 12.1 Å². The molecule has 0 bridgehead atoms. The van der Waals surface area contributed by atoms with Crippen LogP contribution in [0.5, 0.6) is 0 Å². The highest BCUT2D eigenvalue weighted by Crippen LogP contribution is 2.48. The third kappa shape index (κ3) is 6.11. The number of hydrogen-bond donors (Lipinski definition) is 2. The minimum Gasteiger partial charge on any atom is -0.476 e. The molecule has 2 fully saturated rings. The number of aromatic nitrogens is 1. The van der Waals surface area contributed by atoms with Crippen LogP contribution in [0.25, 0.3) is 0 Å². The molecular weight excluding hydrogens is 436 g/mol. The predicted octanol–water partition coefficient (Wildman–Crippen LogP) is 4.59. The number of allylic oxidation sites excluding steroid dienone is 2. The first kappa shape index (κ1) is 23.8. The summed E-state index contributed by atoms with van der Waals surface area (Å²) in [5.74, 6) is -0.457. The molecule has 1 saturated heterocycles. The van der Waals surface area contributed by atoms with E-state index in [2.05, 4.69) is 24.9 Å². The Hall–Kier alpha value is -1.84. The van der Waals surface area contributed by atoms with Crippen LogP contribution in [0.15, 0.2) is 33.5 Å². The van der Waals surface area contributed by atoms with Gasteiger partial charge in [-0.05, 0) is 39.5 Å². The second-order valence-electron chi connectivity index (χ2n) is 8.36. The molecule has 9 heteroatoms. The number of carbonyl (C=O) groups is 2. The molecule has 7 nitrogen and oxygen atoms in total. The number of thioether (sulfide) groups is 1. The van der Waals surface area contributed by atoms with E-state index in [1.807, 2.05) is 12.2 Å². The Kier molecular flexibility index (Phi) is 8.18. The zero-order valence-electron chi connectivity index (χ0n) is 18.0. The highest BCUT2D eigenvalue weighted by atomic mass is 32.2. The lowest BCUT2D eigenvalue weighted by atomic mass is 9.62. The van der Waals surface area contributed by atoms with E-state index in [1.165, 1.54) is 34.1 Å². The van der Waals surface area contributed by atoms with Crippen molar-refractivity contribution in [1.82, 2.24) is 9.88 Å². The minimum absolute atomic E-state index is 0.0393. The summed E-state index contributed by atoms with van der Waals surface area (Å²) in [4.78, 5) is 28.8. The first-order valence-corrected chi connectivity index (χ1v) is 12.4. The van der Waals surface area contributed by atoms with Crippen LogP contribution in [0.1, 0.15) is 56.4 Å². The standard InChI is InChI=1S/C22H30N2O5S2/c1-15(2)5-3-8-22(9-4-10-22)18(25)7-6-16-13-29-21(28)24(16)11-12-30-20-23-17(14-31-20)19(26)27/h5-7,14,16,18,25H,3-4,8-13H2,1-2H3,(H,26,27)/t16-,18+/m0/s1. The van der Waals surface area contributed by atoms with Crippen LogP contribution in [0, 0.1) is 5.41 Å². The fourth-order valence-corrected chi connectivity index (χ4v) is 5.75. The van der Waals surface area contributed by atoms with E-state index >= 15 is 0 Å². The number of amides is 1. The Labute approximate surface area is 191 Å². The van der Waals surface area contributed by atoms with E-state index in [9.17, 15) is 14.7 Å². The number of aliphatic hydroxyl groups is 1. The fraction of sp³-hybridized carbons (Fsp3) is 0.591. The highest BCUT2D eigenvalue weighted by Gasteiger charge is 2.42. The van der Waals surface area contributed by atoms with Crippen molar-refractivity contribution in [2.75, 3.05) is 18.9 Å². The van der Waals surface area contributed by atoms with Crippen LogP contribution < -0.4 is 0 Å². The van der Waals surface area contributed by atoms with Crippen molar-refractivity contribution in [3.05, 3.63) is 34.9 Å². The first-order chi connectivity index (χ1) is 14.8. The maximum Gasteiger partial charge on any atom is 0.410 e. The van der Waals surface area contributed by atoms with Crippen molar-refractivity contribution in [3.63, 3.8) is 0 Å². The predicted molar refractivity (Wildman–Crippen MR) is 122 cm³/mol. The van der Waals surface area contributed by atoms with Gasteiger partial charge in [-0.1, -0.05) is 42.0 Å². The number of ether oxygens (including phenoxy) is 1. The van der Waals surface area contributed by atoms with E-state index in [4.69, 9.17) is 9.84 Å². The van der Waals surface area contributed by atoms with Crippen molar-refractivity contribution in [3.8, 4) is 0 Å². The summed E-state index contributed by atoms with van der Waals surface area (Å²) in [6.07, 6.45) is 10.2. The van der Waals surface area contributed by atoms with Crippen molar-refractivity contribution >= 4 is 35.2 Å². The van der Waals surface area contributed by atoms with Gasteiger partial charge in [0.1, 0.15) is 6.61 Å². The molecule has 2 atom stereocenters. The molecule has 2 N–H and O–H groups in total. The molecule has 31 heavy (non-hydrogen) atoms. The van der Waals surface area contributed by atoms with Gasteiger partial charge in [0.2, 0.25) is 0 Å². The Bertz CT molecular complexity index is 843. The van der Waals surface area contributed by atoms with Crippen LogP contribution >= 0.6 is 23.1 Å². The molecule has 1 amide bonds. The van der Waals surface area contributed by atoms with Crippen molar-refractivity contribution in [2.24, 2.45) is 5.41 Å². The molecule has 0 aromatic carbocycles. The monoisotopic (exact) mass is 466 g/mol. The molecule has 170 valence electrons. The average molecular weight is 467 g/mol. The average Bonchev–Trinajstić information content (AvgIpc) is 3.29. The number of thiazole rings is 1. The smallest absolute Gasteiger partial charge is 0.410 e. The van der Waals surface area contributed by atoms with Crippen LogP contribution in [0.2, 0.25) is 0 Å². The fourth-order valence-electron chi connectivity index (χ4n) is 3.95. The van der Waals surface area contributed by atoms with E-state index in [0.29, 0.717) is 16.6 Å². The van der Waals surface area contributed by atoms with Crippen molar-refractivity contribution in [2.45, 2.75) is 62.4 Å². The van der Waals surface area contributed by atoms with Gasteiger partial charge in [-0.3, -0.25) is 4.90 Å². The van der Waals surface area contributed by atoms with Crippen LogP contribution in [-0.4, -0.2) is 63.2 Å². The number of carbonyl (C=O) groups excluding carboxylic acids is 1. The first-order valence-electron chi connectivity index (χ1n) is 10.6. The Morgan fingerprint density at radius 3 is 2.87 bits per heavy atom. The summed E-state index contributed by atoms with van der Waals surface area (Å²) >= 11 is 2.70. The maximum absolute atomic E-state index is 12.1. The van der Waals surface area contributed by atoms with E-state index in [0.717, 1.165) is 32.1 Å². The second kappa shape index (κ2) is 10.7. The third-order valence-corrected chi connectivity index (χ3v) is 7.96. The van der Waals surface area contributed by atoms with Crippen molar-refractivity contribution < 1.29 is 24.5 Å². The molecule has 2 heterocycles. The van der Waals surface area contributed by atoms with Gasteiger partial charge in [0.25, 0.3) is 0 Å². The van der Waals surface area contributed by atoms with E-state index in [1.54, 1.807) is 4.90 Å². The van der Waals surface area contributed by atoms with E-state index in [-0.39, 0.29) is 29.9 Å².